The number of amides is 1. The highest BCUT2D eigenvalue weighted by atomic mass is 16.2. The SMILES string of the molecule is CCC1(C)Nc2c(C)cccc2C(=O)N1C. The van der Waals surface area contributed by atoms with Crippen molar-refractivity contribution in [3.05, 3.63) is 29.3 Å². The average molecular weight is 218 g/mol. The molecule has 1 N–H and O–H groups in total. The summed E-state index contributed by atoms with van der Waals surface area (Å²) in [6, 6.07) is 5.83. The lowest BCUT2D eigenvalue weighted by Crippen LogP contribution is -2.55. The van der Waals surface area contributed by atoms with Gasteiger partial charge < -0.3 is 10.2 Å². The second kappa shape index (κ2) is 3.51. The van der Waals surface area contributed by atoms with Crippen molar-refractivity contribution in [2.75, 3.05) is 12.4 Å². The molecule has 0 radical (unpaired) electrons. The van der Waals surface area contributed by atoms with E-state index in [1.165, 1.54) is 0 Å². The molecule has 1 heterocycles. The van der Waals surface area contributed by atoms with Crippen LogP contribution < -0.4 is 5.32 Å². The predicted octanol–water partition coefficient (Wildman–Crippen LogP) is 2.62. The Morgan fingerprint density at radius 2 is 2.12 bits per heavy atom. The van der Waals surface area contributed by atoms with E-state index in [1.807, 2.05) is 32.2 Å². The molecule has 86 valence electrons. The summed E-state index contributed by atoms with van der Waals surface area (Å²) in [6.45, 7) is 6.17. The topological polar surface area (TPSA) is 32.3 Å². The second-order valence-electron chi connectivity index (χ2n) is 4.61. The van der Waals surface area contributed by atoms with E-state index < -0.39 is 0 Å². The Bertz CT molecular complexity index is 442. The Morgan fingerprint density at radius 1 is 1.44 bits per heavy atom. The largest absolute Gasteiger partial charge is 0.362 e. The number of benzene rings is 1. The maximum Gasteiger partial charge on any atom is 0.257 e. The summed E-state index contributed by atoms with van der Waals surface area (Å²) < 4.78 is 0. The van der Waals surface area contributed by atoms with E-state index in [0.29, 0.717) is 0 Å². The zero-order valence-corrected chi connectivity index (χ0v) is 10.3. The fraction of sp³-hybridized carbons (Fsp3) is 0.462. The Hall–Kier alpha value is -1.51. The zero-order chi connectivity index (χ0) is 11.9. The molecule has 0 spiro atoms. The number of nitrogens with zero attached hydrogens (tertiary/aromatic N) is 1. The number of fused-ring (bicyclic) bond motifs is 1. The number of nitrogens with one attached hydrogen (secondary N) is 1. The Labute approximate surface area is 96.5 Å². The molecule has 1 aliphatic rings. The van der Waals surface area contributed by atoms with Gasteiger partial charge in [0.25, 0.3) is 5.91 Å². The number of para-hydroxylation sites is 1. The Kier molecular flexibility index (Phi) is 2.41. The minimum absolute atomic E-state index is 0.0989. The number of carbonyl (C=O) groups excluding carboxylic acids is 1. The van der Waals surface area contributed by atoms with Gasteiger partial charge >= 0.3 is 0 Å². The van der Waals surface area contributed by atoms with Crippen LogP contribution in [0.3, 0.4) is 0 Å². The van der Waals surface area contributed by atoms with E-state index >= 15 is 0 Å². The number of hydrogen-bond acceptors (Lipinski definition) is 2. The van der Waals surface area contributed by atoms with Crippen LogP contribution in [-0.4, -0.2) is 23.5 Å². The minimum Gasteiger partial charge on any atom is -0.362 e. The fourth-order valence-corrected chi connectivity index (χ4v) is 2.10. The lowest BCUT2D eigenvalue weighted by Gasteiger charge is -2.44. The van der Waals surface area contributed by atoms with Gasteiger partial charge in [-0.2, -0.15) is 0 Å². The number of rotatable bonds is 1. The maximum atomic E-state index is 12.2. The first-order valence-corrected chi connectivity index (χ1v) is 5.65. The van der Waals surface area contributed by atoms with Gasteiger partial charge in [0.1, 0.15) is 5.66 Å². The van der Waals surface area contributed by atoms with Gasteiger partial charge in [0, 0.05) is 7.05 Å². The second-order valence-corrected chi connectivity index (χ2v) is 4.61. The first kappa shape index (κ1) is 11.0. The molecule has 3 nitrogen and oxygen atoms in total. The number of hydrogen-bond donors (Lipinski definition) is 1. The lowest BCUT2D eigenvalue weighted by molar-refractivity contribution is 0.0613. The molecule has 1 aromatic carbocycles. The molecule has 16 heavy (non-hydrogen) atoms. The van der Waals surface area contributed by atoms with E-state index in [-0.39, 0.29) is 11.6 Å². The molecule has 0 saturated carbocycles. The van der Waals surface area contributed by atoms with E-state index in [1.54, 1.807) is 4.90 Å². The van der Waals surface area contributed by atoms with Crippen molar-refractivity contribution in [3.8, 4) is 0 Å². The fourth-order valence-electron chi connectivity index (χ4n) is 2.10. The molecule has 0 saturated heterocycles. The first-order chi connectivity index (χ1) is 7.49. The molecule has 0 bridgehead atoms. The normalized spacial score (nSPS) is 24.0. The summed E-state index contributed by atoms with van der Waals surface area (Å²) in [5.41, 5.74) is 2.60. The zero-order valence-electron chi connectivity index (χ0n) is 10.3. The van der Waals surface area contributed by atoms with Crippen molar-refractivity contribution in [2.24, 2.45) is 0 Å². The minimum atomic E-state index is -0.282. The summed E-state index contributed by atoms with van der Waals surface area (Å²) in [5.74, 6) is 0.0989. The highest BCUT2D eigenvalue weighted by Gasteiger charge is 2.37. The summed E-state index contributed by atoms with van der Waals surface area (Å²) in [4.78, 5) is 14.0. The third-order valence-corrected chi connectivity index (χ3v) is 3.63. The van der Waals surface area contributed by atoms with Gasteiger partial charge in [0.2, 0.25) is 0 Å². The van der Waals surface area contributed by atoms with Gasteiger partial charge in [-0.1, -0.05) is 19.1 Å². The molecule has 2 rings (SSSR count). The lowest BCUT2D eigenvalue weighted by atomic mass is 9.97. The van der Waals surface area contributed by atoms with Crippen LogP contribution >= 0.6 is 0 Å². The molecule has 1 unspecified atom stereocenters. The summed E-state index contributed by atoms with van der Waals surface area (Å²) in [5, 5.41) is 3.48. The van der Waals surface area contributed by atoms with Crippen molar-refractivity contribution in [1.82, 2.24) is 4.90 Å². The van der Waals surface area contributed by atoms with Gasteiger partial charge in [-0.3, -0.25) is 4.79 Å². The first-order valence-electron chi connectivity index (χ1n) is 5.65. The highest BCUT2D eigenvalue weighted by Crippen LogP contribution is 2.33. The van der Waals surface area contributed by atoms with Crippen LogP contribution in [0, 0.1) is 6.92 Å². The van der Waals surface area contributed by atoms with Crippen LogP contribution in [0.1, 0.15) is 36.2 Å². The third kappa shape index (κ3) is 1.39. The van der Waals surface area contributed by atoms with Crippen molar-refractivity contribution in [2.45, 2.75) is 32.9 Å². The molecule has 3 heteroatoms. The Morgan fingerprint density at radius 3 is 2.75 bits per heavy atom. The van der Waals surface area contributed by atoms with Crippen LogP contribution in [0.15, 0.2) is 18.2 Å². The molecule has 0 aromatic heterocycles. The molecule has 1 aromatic rings. The molecular formula is C13H18N2O. The van der Waals surface area contributed by atoms with Crippen LogP contribution in [-0.2, 0) is 0 Å². The van der Waals surface area contributed by atoms with Crippen LogP contribution in [0.5, 0.6) is 0 Å². The van der Waals surface area contributed by atoms with Gasteiger partial charge in [-0.15, -0.1) is 0 Å². The van der Waals surface area contributed by atoms with E-state index in [9.17, 15) is 4.79 Å². The smallest absolute Gasteiger partial charge is 0.257 e. The number of carbonyl (C=O) groups is 1. The van der Waals surface area contributed by atoms with Crippen molar-refractivity contribution in [1.29, 1.82) is 0 Å². The summed E-state index contributed by atoms with van der Waals surface area (Å²) >= 11 is 0. The average Bonchev–Trinajstić information content (AvgIpc) is 2.28. The number of aryl methyl sites for hydroxylation is 1. The van der Waals surface area contributed by atoms with E-state index in [2.05, 4.69) is 19.2 Å². The van der Waals surface area contributed by atoms with Crippen molar-refractivity contribution >= 4 is 11.6 Å². The maximum absolute atomic E-state index is 12.2. The Balaban J connectivity index is 2.57. The third-order valence-electron chi connectivity index (χ3n) is 3.63. The predicted molar refractivity (Wildman–Crippen MR) is 65.6 cm³/mol. The van der Waals surface area contributed by atoms with E-state index in [0.717, 1.165) is 23.2 Å². The standard InChI is InChI=1S/C13H18N2O/c1-5-13(3)14-11-9(2)7-6-8-10(11)12(16)15(13)4/h6-8,14H,5H2,1-4H3. The van der Waals surface area contributed by atoms with Crippen LogP contribution in [0.2, 0.25) is 0 Å². The van der Waals surface area contributed by atoms with Crippen molar-refractivity contribution in [3.63, 3.8) is 0 Å². The van der Waals surface area contributed by atoms with E-state index in [4.69, 9.17) is 0 Å². The van der Waals surface area contributed by atoms with Gasteiger partial charge in [0.05, 0.1) is 11.3 Å². The summed E-state index contributed by atoms with van der Waals surface area (Å²) in [7, 11) is 1.85. The van der Waals surface area contributed by atoms with Crippen LogP contribution in [0.4, 0.5) is 5.69 Å². The van der Waals surface area contributed by atoms with Crippen molar-refractivity contribution < 1.29 is 4.79 Å². The molecule has 0 fully saturated rings. The van der Waals surface area contributed by atoms with Gasteiger partial charge in [-0.25, -0.2) is 0 Å². The molecule has 1 atom stereocenters. The highest BCUT2D eigenvalue weighted by molar-refractivity contribution is 6.02. The van der Waals surface area contributed by atoms with Gasteiger partial charge in [-0.05, 0) is 31.9 Å². The molecule has 0 aliphatic carbocycles. The number of anilines is 1. The quantitative estimate of drug-likeness (QED) is 0.786. The monoisotopic (exact) mass is 218 g/mol. The van der Waals surface area contributed by atoms with Crippen LogP contribution in [0.25, 0.3) is 0 Å². The van der Waals surface area contributed by atoms with Gasteiger partial charge in [0.15, 0.2) is 0 Å². The molecular weight excluding hydrogens is 200 g/mol. The molecule has 1 amide bonds. The summed E-state index contributed by atoms with van der Waals surface area (Å²) in [6.07, 6.45) is 0.878. The molecule has 1 aliphatic heterocycles.